The van der Waals surface area contributed by atoms with Crippen LogP contribution in [-0.4, -0.2) is 31.0 Å². The Kier molecular flexibility index (Phi) is 4.92. The molecule has 1 aliphatic rings. The van der Waals surface area contributed by atoms with Crippen molar-refractivity contribution in [2.45, 2.75) is 6.61 Å². The summed E-state index contributed by atoms with van der Waals surface area (Å²) in [6.07, 6.45) is 0. The zero-order valence-corrected chi connectivity index (χ0v) is 12.6. The van der Waals surface area contributed by atoms with Gasteiger partial charge in [-0.2, -0.15) is 5.26 Å². The fourth-order valence-corrected chi connectivity index (χ4v) is 2.55. The lowest BCUT2D eigenvalue weighted by Crippen LogP contribution is -2.33. The van der Waals surface area contributed by atoms with Gasteiger partial charge in [0, 0.05) is 19.2 Å². The number of rotatable bonds is 0. The first-order chi connectivity index (χ1) is 10.7. The maximum Gasteiger partial charge on any atom is 0.254 e. The quantitative estimate of drug-likeness (QED) is 0.701. The Bertz CT molecular complexity index is 747. The first-order valence-electron chi connectivity index (χ1n) is 7.00. The van der Waals surface area contributed by atoms with Crippen LogP contribution < -0.4 is 0 Å². The molecular formula is C18H18N2O2. The predicted molar refractivity (Wildman–Crippen MR) is 86.5 cm³/mol. The molecule has 0 unspecified atom stereocenters. The highest BCUT2D eigenvalue weighted by Gasteiger charge is 2.23. The smallest absolute Gasteiger partial charge is 0.254 e. The summed E-state index contributed by atoms with van der Waals surface area (Å²) in [6, 6.07) is 11.7. The van der Waals surface area contributed by atoms with Crippen LogP contribution in [0, 0.1) is 11.3 Å². The van der Waals surface area contributed by atoms with E-state index in [4.69, 9.17) is 4.74 Å². The summed E-state index contributed by atoms with van der Waals surface area (Å²) in [5.41, 5.74) is 1.81. The zero-order valence-electron chi connectivity index (χ0n) is 12.6. The second kappa shape index (κ2) is 6.88. The molecule has 0 saturated carbocycles. The molecule has 0 aliphatic carbocycles. The molecule has 0 N–H and O–H groups in total. The van der Waals surface area contributed by atoms with Crippen molar-refractivity contribution in [1.29, 1.82) is 5.26 Å². The van der Waals surface area contributed by atoms with Crippen molar-refractivity contribution < 1.29 is 9.53 Å². The average molecular weight is 294 g/mol. The number of hydrogen-bond acceptors (Lipinski definition) is 3. The standard InChI is InChI=1S/C16H14N2O2.C2H4/c1-18-6-7-20-10-14-12(9-17)8-11-4-2-3-5-13(11)15(14)16(18)19;1-2/h2-5,8H,6-7,10H2,1H3;1-2H2. The van der Waals surface area contributed by atoms with E-state index >= 15 is 0 Å². The molecule has 2 aromatic rings. The monoisotopic (exact) mass is 294 g/mol. The second-order valence-corrected chi connectivity index (χ2v) is 4.89. The lowest BCUT2D eigenvalue weighted by molar-refractivity contribution is 0.0618. The van der Waals surface area contributed by atoms with E-state index < -0.39 is 0 Å². The van der Waals surface area contributed by atoms with Crippen LogP contribution in [0.1, 0.15) is 21.5 Å². The van der Waals surface area contributed by atoms with Gasteiger partial charge in [-0.25, -0.2) is 0 Å². The molecule has 1 amide bonds. The number of carbonyl (C=O) groups excluding carboxylic acids is 1. The topological polar surface area (TPSA) is 53.3 Å². The van der Waals surface area contributed by atoms with Crippen LogP contribution in [0.25, 0.3) is 10.8 Å². The number of amides is 1. The van der Waals surface area contributed by atoms with Crippen LogP contribution in [0.3, 0.4) is 0 Å². The van der Waals surface area contributed by atoms with Crippen LogP contribution in [0.4, 0.5) is 0 Å². The van der Waals surface area contributed by atoms with Gasteiger partial charge in [0.1, 0.15) is 0 Å². The van der Waals surface area contributed by atoms with Gasteiger partial charge in [-0.15, -0.1) is 13.2 Å². The Hall–Kier alpha value is -2.64. The third kappa shape index (κ3) is 2.72. The Morgan fingerprint density at radius 2 is 2.05 bits per heavy atom. The molecule has 0 fully saturated rings. The van der Waals surface area contributed by atoms with Crippen molar-refractivity contribution in [2.75, 3.05) is 20.2 Å². The molecule has 4 heteroatoms. The van der Waals surface area contributed by atoms with Gasteiger partial charge in [0.15, 0.2) is 0 Å². The van der Waals surface area contributed by atoms with E-state index in [1.165, 1.54) is 0 Å². The Morgan fingerprint density at radius 3 is 2.77 bits per heavy atom. The first-order valence-corrected chi connectivity index (χ1v) is 7.00. The number of fused-ring (bicyclic) bond motifs is 3. The van der Waals surface area contributed by atoms with Crippen molar-refractivity contribution in [3.05, 3.63) is 60.2 Å². The Labute approximate surface area is 130 Å². The van der Waals surface area contributed by atoms with Crippen LogP contribution >= 0.6 is 0 Å². The van der Waals surface area contributed by atoms with Crippen LogP contribution in [0.5, 0.6) is 0 Å². The SMILES string of the molecule is C=C.CN1CCOCc2c(C#N)cc3ccccc3c2C1=O. The summed E-state index contributed by atoms with van der Waals surface area (Å²) < 4.78 is 5.57. The second-order valence-electron chi connectivity index (χ2n) is 4.89. The molecule has 4 nitrogen and oxygen atoms in total. The highest BCUT2D eigenvalue weighted by Crippen LogP contribution is 2.28. The number of hydrogen-bond donors (Lipinski definition) is 0. The lowest BCUT2D eigenvalue weighted by Gasteiger charge is -2.24. The minimum Gasteiger partial charge on any atom is -0.375 e. The molecule has 1 aliphatic heterocycles. The van der Waals surface area contributed by atoms with E-state index in [0.29, 0.717) is 36.4 Å². The van der Waals surface area contributed by atoms with E-state index in [1.807, 2.05) is 30.3 Å². The third-order valence-corrected chi connectivity index (χ3v) is 3.66. The van der Waals surface area contributed by atoms with Gasteiger partial charge >= 0.3 is 0 Å². The zero-order chi connectivity index (χ0) is 16.1. The Balaban J connectivity index is 0.000000847. The molecule has 0 bridgehead atoms. The van der Waals surface area contributed by atoms with E-state index in [2.05, 4.69) is 19.2 Å². The first kappa shape index (κ1) is 15.7. The van der Waals surface area contributed by atoms with Crippen molar-refractivity contribution >= 4 is 16.7 Å². The number of likely N-dealkylation sites (N-methyl/N-ethyl adjacent to an activating group) is 1. The maximum atomic E-state index is 12.6. The number of benzene rings is 2. The van der Waals surface area contributed by atoms with E-state index in [1.54, 1.807) is 11.9 Å². The fourth-order valence-electron chi connectivity index (χ4n) is 2.55. The number of carbonyl (C=O) groups is 1. The summed E-state index contributed by atoms with van der Waals surface area (Å²) in [4.78, 5) is 14.3. The summed E-state index contributed by atoms with van der Waals surface area (Å²) in [5, 5.41) is 11.1. The van der Waals surface area contributed by atoms with Gasteiger partial charge in [0.25, 0.3) is 5.91 Å². The van der Waals surface area contributed by atoms with Crippen molar-refractivity contribution in [2.24, 2.45) is 0 Å². The Morgan fingerprint density at radius 1 is 1.32 bits per heavy atom. The van der Waals surface area contributed by atoms with Gasteiger partial charge in [-0.3, -0.25) is 4.79 Å². The highest BCUT2D eigenvalue weighted by atomic mass is 16.5. The molecule has 0 aromatic heterocycles. The van der Waals surface area contributed by atoms with Crippen LogP contribution in [0.15, 0.2) is 43.5 Å². The summed E-state index contributed by atoms with van der Waals surface area (Å²) in [5.74, 6) is -0.0448. The minimum atomic E-state index is -0.0448. The van der Waals surface area contributed by atoms with Crippen LogP contribution in [0.2, 0.25) is 0 Å². The predicted octanol–water partition coefficient (Wildman–Crippen LogP) is 3.12. The number of nitriles is 1. The minimum absolute atomic E-state index is 0.0448. The molecule has 0 saturated heterocycles. The maximum absolute atomic E-state index is 12.6. The number of nitrogens with zero attached hydrogens (tertiary/aromatic N) is 2. The summed E-state index contributed by atoms with van der Waals surface area (Å²) in [7, 11) is 1.76. The largest absolute Gasteiger partial charge is 0.375 e. The molecule has 3 rings (SSSR count). The molecule has 1 heterocycles. The molecule has 0 atom stereocenters. The third-order valence-electron chi connectivity index (χ3n) is 3.66. The molecule has 2 aromatic carbocycles. The average Bonchev–Trinajstić information content (AvgIpc) is 2.57. The van der Waals surface area contributed by atoms with Gasteiger partial charge in [0.2, 0.25) is 0 Å². The molecular weight excluding hydrogens is 276 g/mol. The van der Waals surface area contributed by atoms with Gasteiger partial charge < -0.3 is 9.64 Å². The molecule has 112 valence electrons. The van der Waals surface area contributed by atoms with Gasteiger partial charge in [-0.1, -0.05) is 24.3 Å². The van der Waals surface area contributed by atoms with E-state index in [9.17, 15) is 10.1 Å². The summed E-state index contributed by atoms with van der Waals surface area (Å²) in [6.45, 7) is 7.35. The fraction of sp³-hybridized carbons (Fsp3) is 0.222. The van der Waals surface area contributed by atoms with Gasteiger partial charge in [-0.05, 0) is 16.8 Å². The van der Waals surface area contributed by atoms with E-state index in [-0.39, 0.29) is 5.91 Å². The molecule has 22 heavy (non-hydrogen) atoms. The summed E-state index contributed by atoms with van der Waals surface area (Å²) >= 11 is 0. The van der Waals surface area contributed by atoms with Crippen LogP contribution in [-0.2, 0) is 11.3 Å². The van der Waals surface area contributed by atoms with Crippen molar-refractivity contribution in [3.63, 3.8) is 0 Å². The lowest BCUT2D eigenvalue weighted by atomic mass is 9.93. The molecule has 0 radical (unpaired) electrons. The normalized spacial score (nSPS) is 14.2. The number of ether oxygens (including phenoxy) is 1. The van der Waals surface area contributed by atoms with E-state index in [0.717, 1.165) is 10.8 Å². The molecule has 0 spiro atoms. The van der Waals surface area contributed by atoms with Crippen molar-refractivity contribution in [1.82, 2.24) is 4.90 Å². The highest BCUT2D eigenvalue weighted by molar-refractivity contribution is 6.09. The van der Waals surface area contributed by atoms with Crippen molar-refractivity contribution in [3.8, 4) is 6.07 Å². The van der Waals surface area contributed by atoms with Gasteiger partial charge in [0.05, 0.1) is 30.4 Å².